The average molecular weight is 389 g/mol. The molecule has 2 aromatic heterocycles. The first-order chi connectivity index (χ1) is 13.7. The van der Waals surface area contributed by atoms with Crippen molar-refractivity contribution in [1.29, 1.82) is 0 Å². The van der Waals surface area contributed by atoms with Crippen molar-refractivity contribution in [2.45, 2.75) is 6.92 Å². The maximum atomic E-state index is 6.16. The third-order valence-corrected chi connectivity index (χ3v) is 4.90. The molecular weight excluding hydrogens is 370 g/mol. The summed E-state index contributed by atoms with van der Waals surface area (Å²) < 4.78 is 11.3. The molecule has 0 aliphatic heterocycles. The number of aromatic nitrogens is 2. The van der Waals surface area contributed by atoms with Gasteiger partial charge < -0.3 is 14.8 Å². The Morgan fingerprint density at radius 1 is 0.929 bits per heavy atom. The van der Waals surface area contributed by atoms with E-state index in [1.165, 1.54) is 11.3 Å². The van der Waals surface area contributed by atoms with Crippen LogP contribution in [0.15, 0.2) is 72.9 Å². The Labute approximate surface area is 167 Å². The van der Waals surface area contributed by atoms with Gasteiger partial charge in [-0.1, -0.05) is 41.7 Å². The molecule has 0 amide bonds. The Morgan fingerprint density at radius 3 is 2.46 bits per heavy atom. The third kappa shape index (κ3) is 4.13. The molecule has 0 unspecified atom stereocenters. The van der Waals surface area contributed by atoms with Crippen LogP contribution in [0.4, 0.5) is 11.5 Å². The minimum absolute atomic E-state index is 0.699. The van der Waals surface area contributed by atoms with Gasteiger partial charge in [0, 0.05) is 23.5 Å². The number of pyridine rings is 1. The van der Waals surface area contributed by atoms with Crippen molar-refractivity contribution < 1.29 is 9.47 Å². The molecule has 0 saturated carbocycles. The van der Waals surface area contributed by atoms with Crippen LogP contribution in [0.25, 0.3) is 11.3 Å². The number of thiazole rings is 1. The summed E-state index contributed by atoms with van der Waals surface area (Å²) in [6.45, 7) is 1.98. The molecule has 2 heterocycles. The van der Waals surface area contributed by atoms with Crippen LogP contribution in [-0.4, -0.2) is 17.1 Å². The molecule has 6 heteroatoms. The predicted octanol–water partition coefficient (Wildman–Crippen LogP) is 6.06. The van der Waals surface area contributed by atoms with E-state index in [1.807, 2.05) is 73.7 Å². The molecular formula is C22H19N3O2S. The molecule has 0 spiro atoms. The standard InChI is InChI=1S/C22H19N3O2S/c1-15-24-21(16-6-4-3-5-7-16)22(28-15)27-19-12-13-23-20(14-19)25-17-8-10-18(26-2)11-9-17/h3-14H,1-2H3,(H,23,25). The van der Waals surface area contributed by atoms with E-state index in [0.717, 1.165) is 32.8 Å². The van der Waals surface area contributed by atoms with Crippen molar-refractivity contribution in [2.24, 2.45) is 0 Å². The van der Waals surface area contributed by atoms with E-state index >= 15 is 0 Å². The van der Waals surface area contributed by atoms with Crippen LogP contribution in [0.2, 0.25) is 0 Å². The Balaban J connectivity index is 1.56. The van der Waals surface area contributed by atoms with E-state index in [-0.39, 0.29) is 0 Å². The first kappa shape index (κ1) is 18.0. The van der Waals surface area contributed by atoms with Crippen LogP contribution in [0, 0.1) is 6.92 Å². The number of nitrogens with one attached hydrogen (secondary N) is 1. The molecule has 0 fully saturated rings. The summed E-state index contributed by atoms with van der Waals surface area (Å²) in [4.78, 5) is 9.00. The minimum atomic E-state index is 0.699. The lowest BCUT2D eigenvalue weighted by Crippen LogP contribution is -1.94. The summed E-state index contributed by atoms with van der Waals surface area (Å²) in [7, 11) is 1.65. The monoisotopic (exact) mass is 389 g/mol. The first-order valence-corrected chi connectivity index (χ1v) is 9.61. The summed E-state index contributed by atoms with van der Waals surface area (Å²) >= 11 is 1.53. The van der Waals surface area contributed by atoms with E-state index in [9.17, 15) is 0 Å². The van der Waals surface area contributed by atoms with Gasteiger partial charge in [-0.3, -0.25) is 0 Å². The lowest BCUT2D eigenvalue weighted by molar-refractivity contribution is 0.415. The van der Waals surface area contributed by atoms with Crippen molar-refractivity contribution in [3.8, 4) is 27.8 Å². The van der Waals surface area contributed by atoms with Gasteiger partial charge in [0.2, 0.25) is 5.06 Å². The summed E-state index contributed by atoms with van der Waals surface area (Å²) in [5.41, 5.74) is 2.81. The molecule has 0 aliphatic rings. The van der Waals surface area contributed by atoms with Gasteiger partial charge in [-0.2, -0.15) is 0 Å². The average Bonchev–Trinajstić information content (AvgIpc) is 3.09. The number of hydrogen-bond acceptors (Lipinski definition) is 6. The maximum absolute atomic E-state index is 6.16. The number of benzene rings is 2. The fourth-order valence-electron chi connectivity index (χ4n) is 2.73. The molecule has 0 bridgehead atoms. The van der Waals surface area contributed by atoms with Gasteiger partial charge in [0.25, 0.3) is 0 Å². The molecule has 28 heavy (non-hydrogen) atoms. The highest BCUT2D eigenvalue weighted by atomic mass is 32.1. The van der Waals surface area contributed by atoms with E-state index in [2.05, 4.69) is 15.3 Å². The fraction of sp³-hybridized carbons (Fsp3) is 0.0909. The minimum Gasteiger partial charge on any atom is -0.497 e. The van der Waals surface area contributed by atoms with Gasteiger partial charge in [0.1, 0.15) is 23.0 Å². The molecule has 0 atom stereocenters. The molecule has 0 aliphatic carbocycles. The third-order valence-electron chi connectivity index (χ3n) is 4.05. The highest BCUT2D eigenvalue weighted by Crippen LogP contribution is 2.38. The molecule has 0 radical (unpaired) electrons. The van der Waals surface area contributed by atoms with Crippen molar-refractivity contribution in [3.63, 3.8) is 0 Å². The van der Waals surface area contributed by atoms with Crippen molar-refractivity contribution in [3.05, 3.63) is 77.9 Å². The van der Waals surface area contributed by atoms with Gasteiger partial charge >= 0.3 is 0 Å². The van der Waals surface area contributed by atoms with Gasteiger partial charge in [0.05, 0.1) is 12.1 Å². The molecule has 1 N–H and O–H groups in total. The lowest BCUT2D eigenvalue weighted by atomic mass is 10.2. The lowest BCUT2D eigenvalue weighted by Gasteiger charge is -2.09. The predicted molar refractivity (Wildman–Crippen MR) is 113 cm³/mol. The SMILES string of the molecule is COc1ccc(Nc2cc(Oc3sc(C)nc3-c3ccccc3)ccn2)cc1. The van der Waals surface area contributed by atoms with Crippen LogP contribution < -0.4 is 14.8 Å². The van der Waals surface area contributed by atoms with E-state index < -0.39 is 0 Å². The van der Waals surface area contributed by atoms with Crippen molar-refractivity contribution in [1.82, 2.24) is 9.97 Å². The summed E-state index contributed by atoms with van der Waals surface area (Å²) in [5.74, 6) is 2.21. The molecule has 2 aromatic carbocycles. The van der Waals surface area contributed by atoms with E-state index in [1.54, 1.807) is 13.3 Å². The van der Waals surface area contributed by atoms with Crippen LogP contribution in [0.5, 0.6) is 16.6 Å². The molecule has 140 valence electrons. The molecule has 4 aromatic rings. The van der Waals surface area contributed by atoms with Crippen molar-refractivity contribution in [2.75, 3.05) is 12.4 Å². The van der Waals surface area contributed by atoms with Gasteiger partial charge in [0.15, 0.2) is 0 Å². The van der Waals surface area contributed by atoms with Crippen LogP contribution in [0.1, 0.15) is 5.01 Å². The molecule has 5 nitrogen and oxygen atoms in total. The van der Waals surface area contributed by atoms with Crippen LogP contribution in [-0.2, 0) is 0 Å². The number of hydrogen-bond donors (Lipinski definition) is 1. The topological polar surface area (TPSA) is 56.3 Å². The second-order valence-corrected chi connectivity index (χ2v) is 7.23. The van der Waals surface area contributed by atoms with E-state index in [4.69, 9.17) is 9.47 Å². The Morgan fingerprint density at radius 2 is 1.71 bits per heavy atom. The quantitative estimate of drug-likeness (QED) is 0.434. The first-order valence-electron chi connectivity index (χ1n) is 8.79. The second kappa shape index (κ2) is 8.10. The zero-order valence-corrected chi connectivity index (χ0v) is 16.4. The number of methoxy groups -OCH3 is 1. The fourth-order valence-corrected chi connectivity index (χ4v) is 3.53. The number of anilines is 2. The summed E-state index contributed by atoms with van der Waals surface area (Å²) in [5, 5.41) is 5.00. The highest BCUT2D eigenvalue weighted by Gasteiger charge is 2.14. The zero-order chi connectivity index (χ0) is 19.3. The number of aryl methyl sites for hydroxylation is 1. The Kier molecular flexibility index (Phi) is 5.21. The highest BCUT2D eigenvalue weighted by molar-refractivity contribution is 7.13. The van der Waals surface area contributed by atoms with E-state index in [0.29, 0.717) is 11.6 Å². The normalized spacial score (nSPS) is 10.5. The van der Waals surface area contributed by atoms with Gasteiger partial charge in [-0.25, -0.2) is 9.97 Å². The van der Waals surface area contributed by atoms with Crippen LogP contribution in [0.3, 0.4) is 0 Å². The Hall–Kier alpha value is -3.38. The summed E-state index contributed by atoms with van der Waals surface area (Å²) in [6.07, 6.45) is 1.72. The smallest absolute Gasteiger partial charge is 0.208 e. The van der Waals surface area contributed by atoms with Crippen molar-refractivity contribution >= 4 is 22.8 Å². The number of ether oxygens (including phenoxy) is 2. The van der Waals surface area contributed by atoms with Gasteiger partial charge in [-0.05, 0) is 37.3 Å². The largest absolute Gasteiger partial charge is 0.497 e. The zero-order valence-electron chi connectivity index (χ0n) is 15.5. The maximum Gasteiger partial charge on any atom is 0.208 e. The number of rotatable bonds is 6. The molecule has 0 saturated heterocycles. The van der Waals surface area contributed by atoms with Gasteiger partial charge in [-0.15, -0.1) is 0 Å². The molecule has 4 rings (SSSR count). The second-order valence-electron chi connectivity index (χ2n) is 6.07. The number of nitrogens with zero attached hydrogens (tertiary/aromatic N) is 2. The Bertz CT molecular complexity index is 1060. The summed E-state index contributed by atoms with van der Waals surface area (Å²) in [6, 6.07) is 21.4. The van der Waals surface area contributed by atoms with Crippen LogP contribution >= 0.6 is 11.3 Å².